The molecule has 0 amide bonds. The summed E-state index contributed by atoms with van der Waals surface area (Å²) in [5, 5.41) is 14.5. The van der Waals surface area contributed by atoms with Crippen LogP contribution in [0.25, 0.3) is 11.1 Å². The molecule has 1 unspecified atom stereocenters. The number of nitrogens with zero attached hydrogens (tertiary/aromatic N) is 4. The fourth-order valence-electron chi connectivity index (χ4n) is 4.97. The first-order valence-electron chi connectivity index (χ1n) is 13.1. The van der Waals surface area contributed by atoms with E-state index in [4.69, 9.17) is 0 Å². The van der Waals surface area contributed by atoms with Crippen LogP contribution in [0.4, 0.5) is 37.8 Å². The molecule has 1 saturated heterocycles. The SMILES string of the molecule is Cc1ccccc1-c1cc(N2CCN(C)CC2)ncc1N(C)[NH+]([O-])C(C)(C)c1cc(C(F)(F)F)cc(C(F)(F)F)c1. The second-order valence-corrected chi connectivity index (χ2v) is 10.9. The molecule has 6 nitrogen and oxygen atoms in total. The van der Waals surface area contributed by atoms with Crippen molar-refractivity contribution in [1.29, 1.82) is 0 Å². The molecule has 12 heteroatoms. The minimum atomic E-state index is -5.03. The van der Waals surface area contributed by atoms with E-state index in [9.17, 15) is 31.5 Å². The van der Waals surface area contributed by atoms with Crippen molar-refractivity contribution in [2.45, 2.75) is 38.7 Å². The van der Waals surface area contributed by atoms with Crippen molar-refractivity contribution in [3.05, 3.63) is 82.2 Å². The summed E-state index contributed by atoms with van der Waals surface area (Å²) in [4.78, 5) is 8.96. The summed E-state index contributed by atoms with van der Waals surface area (Å²) in [5.41, 5.74) is -2.25. The summed E-state index contributed by atoms with van der Waals surface area (Å²) in [5.74, 6) is 0.716. The number of rotatable bonds is 6. The van der Waals surface area contributed by atoms with E-state index in [0.717, 1.165) is 37.3 Å². The molecule has 1 aromatic heterocycles. The van der Waals surface area contributed by atoms with E-state index in [1.54, 1.807) is 0 Å². The summed E-state index contributed by atoms with van der Waals surface area (Å²) in [6.45, 7) is 7.78. The molecule has 1 aliphatic heterocycles. The molecule has 3 aromatic rings. The third-order valence-corrected chi connectivity index (χ3v) is 7.64. The molecule has 0 aliphatic carbocycles. The Balaban J connectivity index is 1.79. The van der Waals surface area contributed by atoms with Crippen molar-refractivity contribution in [2.75, 3.05) is 50.2 Å². The number of quaternary nitrogens is 1. The van der Waals surface area contributed by atoms with Gasteiger partial charge in [-0.05, 0) is 63.2 Å². The average molecular weight is 582 g/mol. The Morgan fingerprint density at radius 3 is 1.90 bits per heavy atom. The zero-order valence-corrected chi connectivity index (χ0v) is 23.5. The number of pyridine rings is 1. The highest BCUT2D eigenvalue weighted by Gasteiger charge is 2.41. The lowest BCUT2D eigenvalue weighted by molar-refractivity contribution is -0.916. The smallest absolute Gasteiger partial charge is 0.416 e. The van der Waals surface area contributed by atoms with Crippen LogP contribution in [0.5, 0.6) is 0 Å². The maximum Gasteiger partial charge on any atom is 0.416 e. The van der Waals surface area contributed by atoms with Crippen LogP contribution >= 0.6 is 0 Å². The molecule has 222 valence electrons. The van der Waals surface area contributed by atoms with E-state index in [1.807, 2.05) is 44.3 Å². The summed E-state index contributed by atoms with van der Waals surface area (Å²) in [7, 11) is 3.49. The topological polar surface area (TPSA) is 50.1 Å². The number of hydrogen-bond acceptors (Lipinski definition) is 5. The maximum absolute atomic E-state index is 13.9. The molecule has 0 radical (unpaired) electrons. The van der Waals surface area contributed by atoms with Crippen molar-refractivity contribution < 1.29 is 31.5 Å². The van der Waals surface area contributed by atoms with E-state index >= 15 is 0 Å². The van der Waals surface area contributed by atoms with Gasteiger partial charge in [0, 0.05) is 37.3 Å². The molecule has 0 spiro atoms. The van der Waals surface area contributed by atoms with E-state index < -0.39 is 39.8 Å². The second kappa shape index (κ2) is 11.1. The van der Waals surface area contributed by atoms with Gasteiger partial charge in [0.25, 0.3) is 0 Å². The maximum atomic E-state index is 13.9. The number of piperazine rings is 1. The first-order valence-corrected chi connectivity index (χ1v) is 13.1. The second-order valence-electron chi connectivity index (χ2n) is 10.9. The van der Waals surface area contributed by atoms with Crippen LogP contribution in [0.1, 0.15) is 36.1 Å². The number of anilines is 2. The quantitative estimate of drug-likeness (QED) is 0.307. The Hall–Kier alpha value is -3.35. The molecular weight excluding hydrogens is 548 g/mol. The number of hydroxylamine groups is 1. The van der Waals surface area contributed by atoms with Gasteiger partial charge in [-0.2, -0.15) is 26.3 Å². The Kier molecular flexibility index (Phi) is 8.32. The van der Waals surface area contributed by atoms with Gasteiger partial charge in [0.05, 0.1) is 24.4 Å². The first kappa shape index (κ1) is 30.6. The molecule has 4 rings (SSSR count). The highest BCUT2D eigenvalue weighted by molar-refractivity contribution is 5.81. The van der Waals surface area contributed by atoms with Gasteiger partial charge in [-0.25, -0.2) is 9.99 Å². The molecule has 0 saturated carbocycles. The predicted octanol–water partition coefficient (Wildman–Crippen LogP) is 5.52. The van der Waals surface area contributed by atoms with Gasteiger partial charge >= 0.3 is 12.4 Å². The normalized spacial score (nSPS) is 16.1. The first-order chi connectivity index (χ1) is 19.0. The van der Waals surface area contributed by atoms with Crippen LogP contribution in [0.2, 0.25) is 0 Å². The van der Waals surface area contributed by atoms with Crippen molar-refractivity contribution in [3.63, 3.8) is 0 Å². The highest BCUT2D eigenvalue weighted by atomic mass is 19.4. The Morgan fingerprint density at radius 2 is 1.37 bits per heavy atom. The van der Waals surface area contributed by atoms with Crippen LogP contribution < -0.4 is 15.1 Å². The lowest BCUT2D eigenvalue weighted by atomic mass is 9.90. The molecule has 2 heterocycles. The van der Waals surface area contributed by atoms with E-state index in [0.29, 0.717) is 29.2 Å². The minimum Gasteiger partial charge on any atom is -0.607 e. The number of benzene rings is 2. The Bertz CT molecular complexity index is 1350. The summed E-state index contributed by atoms with van der Waals surface area (Å²) in [6, 6.07) is 10.7. The number of nitrogens with one attached hydrogen (secondary N) is 1. The van der Waals surface area contributed by atoms with Crippen molar-refractivity contribution in [1.82, 2.24) is 9.88 Å². The standard InChI is InChI=1S/C29H33F6N5O/c1-19-8-6-7-9-23(19)24-17-26(39-12-10-37(4)11-13-39)36-18-25(24)38(5)40(41)27(2,3)20-14-21(28(30,31)32)16-22(15-20)29(33,34)35/h6-9,14-18,40H,10-13H2,1-5H3. The fraction of sp³-hybridized carbons (Fsp3) is 0.414. The number of aryl methyl sites for hydroxylation is 1. The van der Waals surface area contributed by atoms with Crippen LogP contribution in [-0.2, 0) is 17.9 Å². The number of likely N-dealkylation sites (N-methyl/N-ethyl adjacent to an activating group) is 1. The van der Waals surface area contributed by atoms with E-state index in [2.05, 4.69) is 14.8 Å². The van der Waals surface area contributed by atoms with Crippen LogP contribution in [-0.4, -0.2) is 50.2 Å². The predicted molar refractivity (Wildman–Crippen MR) is 146 cm³/mol. The van der Waals surface area contributed by atoms with Gasteiger partial charge in [-0.1, -0.05) is 24.3 Å². The zero-order valence-electron chi connectivity index (χ0n) is 23.5. The molecular formula is C29H33F6N5O. The van der Waals surface area contributed by atoms with Gasteiger partial charge in [0.15, 0.2) is 0 Å². The third-order valence-electron chi connectivity index (χ3n) is 7.64. The number of aromatic nitrogens is 1. The molecule has 41 heavy (non-hydrogen) atoms. The number of hydrogen-bond donors (Lipinski definition) is 1. The molecule has 1 fully saturated rings. The summed E-state index contributed by atoms with van der Waals surface area (Å²) >= 11 is 0. The molecule has 0 bridgehead atoms. The lowest BCUT2D eigenvalue weighted by Crippen LogP contribution is -3.20. The molecule has 1 aliphatic rings. The van der Waals surface area contributed by atoms with E-state index in [1.165, 1.54) is 32.1 Å². The average Bonchev–Trinajstić information content (AvgIpc) is 2.91. The van der Waals surface area contributed by atoms with Gasteiger partial charge in [-0.3, -0.25) is 5.17 Å². The third kappa shape index (κ3) is 6.44. The van der Waals surface area contributed by atoms with Crippen LogP contribution in [0, 0.1) is 12.1 Å². The van der Waals surface area contributed by atoms with Gasteiger partial charge in [-0.15, -0.1) is 0 Å². The highest BCUT2D eigenvalue weighted by Crippen LogP contribution is 2.39. The zero-order chi connectivity index (χ0) is 30.3. The largest absolute Gasteiger partial charge is 0.607 e. The Morgan fingerprint density at radius 1 is 0.829 bits per heavy atom. The van der Waals surface area contributed by atoms with Crippen molar-refractivity contribution in [2.24, 2.45) is 0 Å². The monoisotopic (exact) mass is 581 g/mol. The molecule has 1 N–H and O–H groups in total. The van der Waals surface area contributed by atoms with E-state index in [-0.39, 0.29) is 6.07 Å². The van der Waals surface area contributed by atoms with Gasteiger partial charge in [0.2, 0.25) is 0 Å². The molecule has 1 atom stereocenters. The summed E-state index contributed by atoms with van der Waals surface area (Å²) in [6.07, 6.45) is -8.51. The minimum absolute atomic E-state index is 0.0606. The Labute approximate surface area is 235 Å². The molecule has 2 aromatic carbocycles. The fourth-order valence-corrected chi connectivity index (χ4v) is 4.97. The number of alkyl halides is 6. The van der Waals surface area contributed by atoms with Crippen LogP contribution in [0.3, 0.4) is 0 Å². The van der Waals surface area contributed by atoms with Crippen molar-refractivity contribution in [3.8, 4) is 11.1 Å². The van der Waals surface area contributed by atoms with Gasteiger partial charge < -0.3 is 15.0 Å². The van der Waals surface area contributed by atoms with Crippen LogP contribution in [0.15, 0.2) is 54.7 Å². The summed E-state index contributed by atoms with van der Waals surface area (Å²) < 4.78 is 81.4. The van der Waals surface area contributed by atoms with Crippen molar-refractivity contribution >= 4 is 11.5 Å². The van der Waals surface area contributed by atoms with Gasteiger partial charge in [0.1, 0.15) is 17.0 Å². The number of halogens is 6. The lowest BCUT2D eigenvalue weighted by Gasteiger charge is -2.44.